The maximum atomic E-state index is 11.8. The number of hydrogen-bond acceptors (Lipinski definition) is 2. The second kappa shape index (κ2) is 3.71. The molecule has 0 spiro atoms. The molecule has 0 aromatic carbocycles. The minimum Gasteiger partial charge on any atom is -0.349 e. The van der Waals surface area contributed by atoms with E-state index in [4.69, 9.17) is 0 Å². The van der Waals surface area contributed by atoms with Crippen molar-refractivity contribution in [2.45, 2.75) is 6.54 Å². The van der Waals surface area contributed by atoms with Gasteiger partial charge in [-0.05, 0) is 18.2 Å². The first kappa shape index (κ1) is 10.4. The number of carbonyl (C=O) groups excluding carboxylic acids is 1. The van der Waals surface area contributed by atoms with Gasteiger partial charge in [-0.2, -0.15) is 0 Å². The smallest absolute Gasteiger partial charge is 0.267 e. The Morgan fingerprint density at radius 2 is 2.32 bits per heavy atom. The van der Waals surface area contributed by atoms with Crippen molar-refractivity contribution in [2.24, 2.45) is 0 Å². The Hall–Kier alpha value is -2.56. The van der Waals surface area contributed by atoms with Gasteiger partial charge in [0.05, 0.1) is 0 Å². The molecule has 0 fully saturated rings. The number of nitrogens with zero attached hydrogens (tertiary/aromatic N) is 2. The number of carbonyl (C=O) groups is 1. The zero-order chi connectivity index (χ0) is 12.8. The highest BCUT2D eigenvalue weighted by atomic mass is 16.2. The number of pyridine rings is 1. The Balaban J connectivity index is 1.91. The van der Waals surface area contributed by atoms with Crippen LogP contribution in [0.2, 0.25) is 0 Å². The van der Waals surface area contributed by atoms with Crippen LogP contribution < -0.4 is 5.32 Å². The number of fused-ring (bicyclic) bond motifs is 2. The number of amides is 1. The van der Waals surface area contributed by atoms with Gasteiger partial charge in [-0.1, -0.05) is 0 Å². The lowest BCUT2D eigenvalue weighted by Crippen LogP contribution is -2.34. The van der Waals surface area contributed by atoms with Crippen molar-refractivity contribution in [1.29, 1.82) is 0 Å². The number of nitrogens with one attached hydrogen (secondary N) is 2. The van der Waals surface area contributed by atoms with Crippen molar-refractivity contribution >= 4 is 16.9 Å². The van der Waals surface area contributed by atoms with Crippen LogP contribution in [-0.4, -0.2) is 27.0 Å². The maximum Gasteiger partial charge on any atom is 0.267 e. The van der Waals surface area contributed by atoms with Gasteiger partial charge in [0.15, 0.2) is 0 Å². The van der Waals surface area contributed by atoms with Crippen LogP contribution in [0.15, 0.2) is 36.8 Å². The average molecular weight is 252 g/mol. The molecule has 19 heavy (non-hydrogen) atoms. The molecule has 5 heteroatoms. The van der Waals surface area contributed by atoms with Crippen molar-refractivity contribution in [3.8, 4) is 11.1 Å². The normalized spacial score (nSPS) is 14.4. The minimum atomic E-state index is -0.00420. The van der Waals surface area contributed by atoms with Gasteiger partial charge in [0, 0.05) is 48.2 Å². The zero-order valence-corrected chi connectivity index (χ0v) is 10.2. The van der Waals surface area contributed by atoms with E-state index in [0.29, 0.717) is 6.54 Å². The number of rotatable bonds is 1. The van der Waals surface area contributed by atoms with E-state index < -0.39 is 0 Å². The third-order valence-corrected chi connectivity index (χ3v) is 3.53. The Morgan fingerprint density at radius 1 is 1.37 bits per heavy atom. The molecule has 3 aromatic rings. The molecule has 0 saturated heterocycles. The molecule has 1 aliphatic heterocycles. The van der Waals surface area contributed by atoms with Crippen molar-refractivity contribution in [1.82, 2.24) is 19.9 Å². The van der Waals surface area contributed by atoms with Gasteiger partial charge >= 0.3 is 0 Å². The average Bonchev–Trinajstić information content (AvgIpc) is 3.02. The summed E-state index contributed by atoms with van der Waals surface area (Å²) in [4.78, 5) is 19.2. The van der Waals surface area contributed by atoms with E-state index in [2.05, 4.69) is 15.3 Å². The lowest BCUT2D eigenvalue weighted by Gasteiger charge is -2.14. The fraction of sp³-hybridized carbons (Fsp3) is 0.143. The van der Waals surface area contributed by atoms with Gasteiger partial charge in [0.1, 0.15) is 11.3 Å². The van der Waals surface area contributed by atoms with Crippen LogP contribution in [-0.2, 0) is 6.54 Å². The Bertz CT molecular complexity index is 784. The largest absolute Gasteiger partial charge is 0.349 e. The Labute approximate surface area is 109 Å². The summed E-state index contributed by atoms with van der Waals surface area (Å²) < 4.78 is 2.00. The van der Waals surface area contributed by atoms with Crippen molar-refractivity contribution in [3.05, 3.63) is 42.5 Å². The first-order chi connectivity index (χ1) is 9.33. The lowest BCUT2D eigenvalue weighted by molar-refractivity contribution is 0.0928. The van der Waals surface area contributed by atoms with Gasteiger partial charge in [-0.25, -0.2) is 4.98 Å². The van der Waals surface area contributed by atoms with E-state index in [1.54, 1.807) is 6.20 Å². The van der Waals surface area contributed by atoms with Crippen LogP contribution in [0.3, 0.4) is 0 Å². The minimum absolute atomic E-state index is 0.00420. The predicted octanol–water partition coefficient (Wildman–Crippen LogP) is 1.77. The first-order valence-electron chi connectivity index (χ1n) is 6.24. The number of aromatic nitrogens is 3. The summed E-state index contributed by atoms with van der Waals surface area (Å²) >= 11 is 0. The van der Waals surface area contributed by atoms with Crippen molar-refractivity contribution < 1.29 is 4.79 Å². The Kier molecular flexibility index (Phi) is 2.03. The van der Waals surface area contributed by atoms with Crippen LogP contribution in [0.1, 0.15) is 10.5 Å². The van der Waals surface area contributed by atoms with Gasteiger partial charge < -0.3 is 14.9 Å². The number of H-pyrrole nitrogens is 1. The molecule has 3 aromatic heterocycles. The van der Waals surface area contributed by atoms with Gasteiger partial charge in [0.2, 0.25) is 0 Å². The highest BCUT2D eigenvalue weighted by Crippen LogP contribution is 2.29. The highest BCUT2D eigenvalue weighted by Gasteiger charge is 2.19. The molecule has 1 aliphatic rings. The van der Waals surface area contributed by atoms with Crippen LogP contribution in [0.4, 0.5) is 0 Å². The summed E-state index contributed by atoms with van der Waals surface area (Å²) in [5.41, 5.74) is 3.72. The maximum absolute atomic E-state index is 11.8. The van der Waals surface area contributed by atoms with Crippen molar-refractivity contribution in [2.75, 3.05) is 6.54 Å². The molecular formula is C14H12N4O. The molecule has 4 heterocycles. The molecule has 2 N–H and O–H groups in total. The standard InChI is InChI=1S/C14H12N4O/c19-14-12-6-9(8-18(12)5-4-16-14)11-7-17-13-10(11)2-1-3-15-13/h1-3,6-8H,4-5H2,(H,15,17)(H,16,19). The summed E-state index contributed by atoms with van der Waals surface area (Å²) in [6, 6.07) is 5.89. The van der Waals surface area contributed by atoms with Gasteiger partial charge in [0.25, 0.3) is 5.91 Å². The van der Waals surface area contributed by atoms with Crippen LogP contribution in [0, 0.1) is 0 Å². The summed E-state index contributed by atoms with van der Waals surface area (Å²) in [6.07, 6.45) is 5.74. The molecule has 0 radical (unpaired) electrons. The molecule has 0 saturated carbocycles. The fourth-order valence-electron chi connectivity index (χ4n) is 2.61. The van der Waals surface area contributed by atoms with Gasteiger partial charge in [-0.3, -0.25) is 4.79 Å². The summed E-state index contributed by atoms with van der Waals surface area (Å²) in [6.45, 7) is 1.51. The van der Waals surface area contributed by atoms with Crippen molar-refractivity contribution in [3.63, 3.8) is 0 Å². The molecule has 4 rings (SSSR count). The summed E-state index contributed by atoms with van der Waals surface area (Å²) in [7, 11) is 0. The molecule has 94 valence electrons. The highest BCUT2D eigenvalue weighted by molar-refractivity contribution is 5.98. The van der Waals surface area contributed by atoms with E-state index >= 15 is 0 Å². The van der Waals surface area contributed by atoms with E-state index in [-0.39, 0.29) is 5.91 Å². The second-order valence-electron chi connectivity index (χ2n) is 4.67. The van der Waals surface area contributed by atoms with Gasteiger partial charge in [-0.15, -0.1) is 0 Å². The van der Waals surface area contributed by atoms with E-state index in [1.807, 2.05) is 35.2 Å². The summed E-state index contributed by atoms with van der Waals surface area (Å²) in [5.74, 6) is -0.00420. The van der Waals surface area contributed by atoms with E-state index in [9.17, 15) is 4.79 Å². The number of aromatic amines is 1. The molecule has 0 bridgehead atoms. The fourth-order valence-corrected chi connectivity index (χ4v) is 2.61. The lowest BCUT2D eigenvalue weighted by atomic mass is 10.1. The molecule has 0 unspecified atom stereocenters. The first-order valence-corrected chi connectivity index (χ1v) is 6.24. The van der Waals surface area contributed by atoms with Crippen LogP contribution >= 0.6 is 0 Å². The monoisotopic (exact) mass is 252 g/mol. The third kappa shape index (κ3) is 1.48. The predicted molar refractivity (Wildman–Crippen MR) is 71.9 cm³/mol. The van der Waals surface area contributed by atoms with Crippen LogP contribution in [0.25, 0.3) is 22.2 Å². The molecule has 0 aliphatic carbocycles. The van der Waals surface area contributed by atoms with E-state index in [1.165, 1.54) is 0 Å². The Morgan fingerprint density at radius 3 is 3.21 bits per heavy atom. The SMILES string of the molecule is O=C1NCCn2cc(-c3c[nH]c4ncccc34)cc21. The number of hydrogen-bond donors (Lipinski definition) is 2. The molecule has 1 amide bonds. The third-order valence-electron chi connectivity index (χ3n) is 3.53. The van der Waals surface area contributed by atoms with E-state index in [0.717, 1.165) is 34.4 Å². The molecule has 0 atom stereocenters. The zero-order valence-electron chi connectivity index (χ0n) is 10.2. The molecular weight excluding hydrogens is 240 g/mol. The topological polar surface area (TPSA) is 62.7 Å². The molecule has 5 nitrogen and oxygen atoms in total. The van der Waals surface area contributed by atoms with Crippen LogP contribution in [0.5, 0.6) is 0 Å². The summed E-state index contributed by atoms with van der Waals surface area (Å²) in [5, 5.41) is 3.93. The second-order valence-corrected chi connectivity index (χ2v) is 4.67. The quantitative estimate of drug-likeness (QED) is 0.693.